The summed E-state index contributed by atoms with van der Waals surface area (Å²) >= 11 is 0. The van der Waals surface area contributed by atoms with E-state index in [9.17, 15) is 9.59 Å². The Balaban J connectivity index is 1.38. The van der Waals surface area contributed by atoms with Crippen LogP contribution >= 0.6 is 0 Å². The van der Waals surface area contributed by atoms with Crippen LogP contribution in [0.5, 0.6) is 0 Å². The number of nitrogens with one attached hydrogen (secondary N) is 2. The number of H-pyrrole nitrogens is 1. The fraction of sp³-hybridized carbons (Fsp3) is 0.360. The molecule has 34 heavy (non-hydrogen) atoms. The lowest BCUT2D eigenvalue weighted by molar-refractivity contribution is -0.131. The van der Waals surface area contributed by atoms with E-state index in [0.717, 1.165) is 11.1 Å². The number of carbonyl (C=O) groups excluding carboxylic acids is 2. The van der Waals surface area contributed by atoms with Crippen molar-refractivity contribution >= 4 is 28.8 Å². The molecule has 2 aliphatic rings. The third kappa shape index (κ3) is 3.92. The minimum absolute atomic E-state index is 0.0796. The topological polar surface area (TPSA) is 103 Å². The van der Waals surface area contributed by atoms with E-state index in [1.165, 1.54) is 6.08 Å². The van der Waals surface area contributed by atoms with Gasteiger partial charge in [0.25, 0.3) is 5.91 Å². The smallest absolute Gasteiger partial charge is 0.255 e. The highest BCUT2D eigenvalue weighted by Crippen LogP contribution is 2.28. The maximum atomic E-state index is 13.2. The summed E-state index contributed by atoms with van der Waals surface area (Å²) in [5.74, 6) is 0.361. The first-order valence-electron chi connectivity index (χ1n) is 11.4. The standard InChI is InChI=1S/C25H28N6O3/c1-4-21(32)31-10-9-30(15-25(31,2)3)20-12-27-23-22(29-20)18(11-26-23)24(33)28-19-14-34-13-16-7-5-6-8-17(16)19/h4-8,11-12,19H,1,9-10,13-15H2,2-3H3,(H,26,27)(H,28,33)/t19-/m0/s1. The van der Waals surface area contributed by atoms with Gasteiger partial charge in [0.15, 0.2) is 5.65 Å². The number of carbonyl (C=O) groups is 2. The molecule has 2 N–H and O–H groups in total. The first-order chi connectivity index (χ1) is 16.4. The van der Waals surface area contributed by atoms with E-state index in [1.54, 1.807) is 12.4 Å². The van der Waals surface area contributed by atoms with Crippen LogP contribution in [0.4, 0.5) is 5.82 Å². The fourth-order valence-corrected chi connectivity index (χ4v) is 4.81. The van der Waals surface area contributed by atoms with Crippen molar-refractivity contribution in [3.63, 3.8) is 0 Å². The van der Waals surface area contributed by atoms with Gasteiger partial charge in [-0.3, -0.25) is 9.59 Å². The molecule has 1 saturated heterocycles. The Labute approximate surface area is 197 Å². The Morgan fingerprint density at radius 1 is 1.29 bits per heavy atom. The molecule has 9 heteroatoms. The maximum absolute atomic E-state index is 13.2. The lowest BCUT2D eigenvalue weighted by atomic mass is 9.98. The number of hydrogen-bond donors (Lipinski definition) is 2. The van der Waals surface area contributed by atoms with Gasteiger partial charge in [0.2, 0.25) is 5.91 Å². The third-order valence-corrected chi connectivity index (χ3v) is 6.56. The molecule has 2 amide bonds. The van der Waals surface area contributed by atoms with Crippen LogP contribution < -0.4 is 10.2 Å². The van der Waals surface area contributed by atoms with E-state index < -0.39 is 5.54 Å². The largest absolute Gasteiger partial charge is 0.374 e. The molecule has 1 aromatic carbocycles. The Morgan fingerprint density at radius 2 is 2.12 bits per heavy atom. The summed E-state index contributed by atoms with van der Waals surface area (Å²) in [6.45, 7) is 10.4. The van der Waals surface area contributed by atoms with Crippen molar-refractivity contribution in [2.24, 2.45) is 0 Å². The van der Waals surface area contributed by atoms with E-state index in [4.69, 9.17) is 9.72 Å². The van der Waals surface area contributed by atoms with Gasteiger partial charge in [0, 0.05) is 25.8 Å². The summed E-state index contributed by atoms with van der Waals surface area (Å²) in [6, 6.07) is 7.75. The van der Waals surface area contributed by atoms with E-state index in [1.807, 2.05) is 43.0 Å². The zero-order chi connectivity index (χ0) is 23.9. The highest BCUT2D eigenvalue weighted by Gasteiger charge is 2.36. The summed E-state index contributed by atoms with van der Waals surface area (Å²) in [6.07, 6.45) is 4.69. The van der Waals surface area contributed by atoms with Crippen LogP contribution in [0, 0.1) is 0 Å². The van der Waals surface area contributed by atoms with E-state index >= 15 is 0 Å². The lowest BCUT2D eigenvalue weighted by Gasteiger charge is -2.47. The summed E-state index contributed by atoms with van der Waals surface area (Å²) in [5, 5.41) is 3.09. The predicted molar refractivity (Wildman–Crippen MR) is 128 cm³/mol. The average Bonchev–Trinajstić information content (AvgIpc) is 3.26. The second-order valence-corrected chi connectivity index (χ2v) is 9.30. The van der Waals surface area contributed by atoms with E-state index in [0.29, 0.717) is 55.4 Å². The van der Waals surface area contributed by atoms with E-state index in [-0.39, 0.29) is 17.9 Å². The Morgan fingerprint density at radius 3 is 2.91 bits per heavy atom. The van der Waals surface area contributed by atoms with Crippen LogP contribution in [0.2, 0.25) is 0 Å². The van der Waals surface area contributed by atoms with Crippen molar-refractivity contribution in [2.75, 3.05) is 31.1 Å². The van der Waals surface area contributed by atoms with Gasteiger partial charge < -0.3 is 24.8 Å². The number of hydrogen-bond acceptors (Lipinski definition) is 6. The van der Waals surface area contributed by atoms with Crippen LogP contribution in [-0.4, -0.2) is 63.4 Å². The highest BCUT2D eigenvalue weighted by molar-refractivity contribution is 6.04. The first-order valence-corrected chi connectivity index (χ1v) is 11.4. The zero-order valence-electron chi connectivity index (χ0n) is 19.4. The van der Waals surface area contributed by atoms with Gasteiger partial charge in [-0.15, -0.1) is 0 Å². The quantitative estimate of drug-likeness (QED) is 0.580. The molecule has 0 unspecified atom stereocenters. The lowest BCUT2D eigenvalue weighted by Crippen LogP contribution is -2.61. The molecule has 0 spiro atoms. The predicted octanol–water partition coefficient (Wildman–Crippen LogP) is 2.57. The normalized spacial score (nSPS) is 19.5. The number of rotatable bonds is 4. The van der Waals surface area contributed by atoms with Crippen molar-refractivity contribution in [3.05, 3.63) is 66.0 Å². The van der Waals surface area contributed by atoms with Crippen LogP contribution in [-0.2, 0) is 16.1 Å². The number of aromatic amines is 1. The highest BCUT2D eigenvalue weighted by atomic mass is 16.5. The third-order valence-electron chi connectivity index (χ3n) is 6.56. The van der Waals surface area contributed by atoms with Gasteiger partial charge >= 0.3 is 0 Å². The van der Waals surface area contributed by atoms with Crippen LogP contribution in [0.1, 0.15) is 41.4 Å². The first kappa shape index (κ1) is 22.1. The Bertz CT molecular complexity index is 1270. The van der Waals surface area contributed by atoms with Crippen molar-refractivity contribution in [1.82, 2.24) is 25.2 Å². The number of benzene rings is 1. The number of aromatic nitrogens is 3. The maximum Gasteiger partial charge on any atom is 0.255 e. The number of piperazine rings is 1. The monoisotopic (exact) mass is 460 g/mol. The number of nitrogens with zero attached hydrogens (tertiary/aromatic N) is 4. The minimum atomic E-state index is -0.396. The van der Waals surface area contributed by atoms with Gasteiger partial charge in [-0.25, -0.2) is 9.97 Å². The molecular formula is C25H28N6O3. The molecule has 4 heterocycles. The molecule has 0 bridgehead atoms. The van der Waals surface area contributed by atoms with Gasteiger partial charge in [0.05, 0.1) is 36.6 Å². The van der Waals surface area contributed by atoms with Crippen molar-refractivity contribution in [3.8, 4) is 0 Å². The van der Waals surface area contributed by atoms with Crippen LogP contribution in [0.15, 0.2) is 49.3 Å². The molecule has 9 nitrogen and oxygen atoms in total. The van der Waals surface area contributed by atoms with Gasteiger partial charge in [-0.2, -0.15) is 0 Å². The minimum Gasteiger partial charge on any atom is -0.374 e. The average molecular weight is 461 g/mol. The summed E-state index contributed by atoms with van der Waals surface area (Å²) in [7, 11) is 0. The molecule has 1 atom stereocenters. The summed E-state index contributed by atoms with van der Waals surface area (Å²) < 4.78 is 5.67. The molecule has 1 fully saturated rings. The number of ether oxygens (including phenoxy) is 1. The van der Waals surface area contributed by atoms with Gasteiger partial charge in [-0.05, 0) is 31.1 Å². The van der Waals surface area contributed by atoms with Crippen LogP contribution in [0.25, 0.3) is 11.2 Å². The second kappa shape index (κ2) is 8.57. The number of fused-ring (bicyclic) bond motifs is 2. The molecule has 2 aliphatic heterocycles. The second-order valence-electron chi connectivity index (χ2n) is 9.30. The molecule has 5 rings (SSSR count). The van der Waals surface area contributed by atoms with Crippen molar-refractivity contribution in [1.29, 1.82) is 0 Å². The molecule has 2 aromatic heterocycles. The van der Waals surface area contributed by atoms with Gasteiger partial charge in [0.1, 0.15) is 11.3 Å². The van der Waals surface area contributed by atoms with Crippen molar-refractivity contribution < 1.29 is 14.3 Å². The molecule has 0 saturated carbocycles. The number of anilines is 1. The van der Waals surface area contributed by atoms with Crippen molar-refractivity contribution in [2.45, 2.75) is 32.0 Å². The van der Waals surface area contributed by atoms with Gasteiger partial charge in [-0.1, -0.05) is 30.8 Å². The molecule has 0 radical (unpaired) electrons. The molecular weight excluding hydrogens is 432 g/mol. The molecule has 0 aliphatic carbocycles. The van der Waals surface area contributed by atoms with Crippen LogP contribution in [0.3, 0.4) is 0 Å². The fourth-order valence-electron chi connectivity index (χ4n) is 4.81. The molecule has 3 aromatic rings. The zero-order valence-corrected chi connectivity index (χ0v) is 19.4. The Kier molecular flexibility index (Phi) is 5.57. The number of amides is 2. The SMILES string of the molecule is C=CC(=O)N1CCN(c2cnc3[nH]cc(C(=O)N[C@H]4COCc5ccccc54)c3n2)CC1(C)C. The summed E-state index contributed by atoms with van der Waals surface area (Å²) in [4.78, 5) is 41.7. The molecule has 176 valence electrons. The summed E-state index contributed by atoms with van der Waals surface area (Å²) in [5.41, 5.74) is 3.26. The van der Waals surface area contributed by atoms with E-state index in [2.05, 4.69) is 26.8 Å². The Hall–Kier alpha value is -3.72.